The van der Waals surface area contributed by atoms with E-state index in [4.69, 9.17) is 9.52 Å². The normalized spacial score (nSPS) is 15.8. The van der Waals surface area contributed by atoms with Crippen molar-refractivity contribution in [2.75, 3.05) is 5.75 Å². The van der Waals surface area contributed by atoms with Gasteiger partial charge in [-0.2, -0.15) is 11.8 Å². The molecule has 0 spiro atoms. The third-order valence-electron chi connectivity index (χ3n) is 3.60. The topological polar surface area (TPSA) is 76.2 Å². The van der Waals surface area contributed by atoms with Crippen LogP contribution in [-0.4, -0.2) is 27.0 Å². The molecule has 2 aromatic rings. The van der Waals surface area contributed by atoms with E-state index in [1.54, 1.807) is 11.8 Å². The molecular formula is C15H16N2O3S. The predicted molar refractivity (Wildman–Crippen MR) is 79.8 cm³/mol. The zero-order valence-electron chi connectivity index (χ0n) is 11.5. The van der Waals surface area contributed by atoms with E-state index in [1.165, 1.54) is 0 Å². The Morgan fingerprint density at radius 3 is 2.71 bits per heavy atom. The maximum absolute atomic E-state index is 10.8. The van der Waals surface area contributed by atoms with Crippen LogP contribution in [0.15, 0.2) is 34.7 Å². The first-order valence-corrected chi connectivity index (χ1v) is 8.00. The van der Waals surface area contributed by atoms with Crippen LogP contribution in [0.2, 0.25) is 0 Å². The Morgan fingerprint density at radius 2 is 2.05 bits per heavy atom. The summed E-state index contributed by atoms with van der Waals surface area (Å²) in [5.41, 5.74) is 0.907. The molecule has 0 saturated heterocycles. The molecule has 1 saturated carbocycles. The average molecular weight is 304 g/mol. The van der Waals surface area contributed by atoms with Gasteiger partial charge >= 0.3 is 5.97 Å². The Balaban J connectivity index is 1.53. The van der Waals surface area contributed by atoms with Gasteiger partial charge in [-0.05, 0) is 36.1 Å². The molecule has 1 aromatic heterocycles. The highest BCUT2D eigenvalue weighted by Gasteiger charge is 2.44. The second-order valence-electron chi connectivity index (χ2n) is 5.43. The molecule has 1 heterocycles. The highest BCUT2D eigenvalue weighted by atomic mass is 32.2. The SMILES string of the molecule is O=C(O)CC1(CSCc2nnc(-c3ccccc3)o2)CC1. The second kappa shape index (κ2) is 5.89. The lowest BCUT2D eigenvalue weighted by molar-refractivity contribution is -0.138. The zero-order valence-corrected chi connectivity index (χ0v) is 12.3. The van der Waals surface area contributed by atoms with Gasteiger partial charge < -0.3 is 9.52 Å². The molecule has 0 amide bonds. The third kappa shape index (κ3) is 3.64. The summed E-state index contributed by atoms with van der Waals surface area (Å²) in [6.45, 7) is 0. The lowest BCUT2D eigenvalue weighted by atomic mass is 10.1. The number of aliphatic carboxylic acids is 1. The van der Waals surface area contributed by atoms with E-state index in [-0.39, 0.29) is 11.8 Å². The van der Waals surface area contributed by atoms with Crippen molar-refractivity contribution in [2.45, 2.75) is 25.0 Å². The lowest BCUT2D eigenvalue weighted by Gasteiger charge is -2.10. The van der Waals surface area contributed by atoms with Crippen molar-refractivity contribution in [1.29, 1.82) is 0 Å². The minimum absolute atomic E-state index is 0.00121. The van der Waals surface area contributed by atoms with Gasteiger partial charge in [0.25, 0.3) is 0 Å². The highest BCUT2D eigenvalue weighted by molar-refractivity contribution is 7.98. The summed E-state index contributed by atoms with van der Waals surface area (Å²) < 4.78 is 5.63. The van der Waals surface area contributed by atoms with Crippen molar-refractivity contribution in [3.05, 3.63) is 36.2 Å². The van der Waals surface area contributed by atoms with Crippen molar-refractivity contribution in [2.24, 2.45) is 5.41 Å². The molecular weight excluding hydrogens is 288 g/mol. The lowest BCUT2D eigenvalue weighted by Crippen LogP contribution is -2.11. The van der Waals surface area contributed by atoms with Crippen LogP contribution in [0, 0.1) is 5.41 Å². The number of benzene rings is 1. The molecule has 5 nitrogen and oxygen atoms in total. The van der Waals surface area contributed by atoms with Gasteiger partial charge in [0.2, 0.25) is 11.8 Å². The number of nitrogens with zero attached hydrogens (tertiary/aromatic N) is 2. The number of carbonyl (C=O) groups is 1. The summed E-state index contributed by atoms with van der Waals surface area (Å²) >= 11 is 1.67. The van der Waals surface area contributed by atoms with Crippen molar-refractivity contribution in [3.8, 4) is 11.5 Å². The first-order chi connectivity index (χ1) is 10.2. The molecule has 1 aliphatic rings. The maximum atomic E-state index is 10.8. The van der Waals surface area contributed by atoms with Gasteiger partial charge in [0.05, 0.1) is 12.2 Å². The van der Waals surface area contributed by atoms with Crippen LogP contribution >= 0.6 is 11.8 Å². The predicted octanol–water partition coefficient (Wildman–Crippen LogP) is 3.22. The van der Waals surface area contributed by atoms with E-state index in [0.717, 1.165) is 24.2 Å². The Hall–Kier alpha value is -1.82. The van der Waals surface area contributed by atoms with Gasteiger partial charge in [0, 0.05) is 5.56 Å². The number of hydrogen-bond donors (Lipinski definition) is 1. The van der Waals surface area contributed by atoms with Crippen LogP contribution in [0.25, 0.3) is 11.5 Å². The van der Waals surface area contributed by atoms with Crippen LogP contribution in [0.5, 0.6) is 0 Å². The molecule has 1 fully saturated rings. The monoisotopic (exact) mass is 304 g/mol. The van der Waals surface area contributed by atoms with E-state index in [1.807, 2.05) is 30.3 Å². The van der Waals surface area contributed by atoms with Gasteiger partial charge in [-0.3, -0.25) is 4.79 Å². The van der Waals surface area contributed by atoms with Crippen molar-refractivity contribution in [3.63, 3.8) is 0 Å². The molecule has 3 rings (SSSR count). The van der Waals surface area contributed by atoms with E-state index in [2.05, 4.69) is 10.2 Å². The minimum Gasteiger partial charge on any atom is -0.481 e. The van der Waals surface area contributed by atoms with Crippen LogP contribution in [0.1, 0.15) is 25.2 Å². The Kier molecular flexibility index (Phi) is 3.96. The summed E-state index contributed by atoms with van der Waals surface area (Å²) in [4.78, 5) is 10.8. The first kappa shape index (κ1) is 14.1. The maximum Gasteiger partial charge on any atom is 0.303 e. The molecule has 0 aliphatic heterocycles. The van der Waals surface area contributed by atoms with E-state index in [0.29, 0.717) is 17.5 Å². The molecule has 21 heavy (non-hydrogen) atoms. The standard InChI is InChI=1S/C15H16N2O3S/c18-13(19)8-15(6-7-15)10-21-9-12-16-17-14(20-12)11-4-2-1-3-5-11/h1-5H,6-10H2,(H,18,19). The number of rotatable bonds is 7. The van der Waals surface area contributed by atoms with Gasteiger partial charge in [-0.25, -0.2) is 0 Å². The fourth-order valence-corrected chi connectivity index (χ4v) is 3.45. The number of carboxylic acid groups (broad SMARTS) is 1. The number of aromatic nitrogens is 2. The average Bonchev–Trinajstić information content (AvgIpc) is 3.05. The summed E-state index contributed by atoms with van der Waals surface area (Å²) in [7, 11) is 0. The van der Waals surface area contributed by atoms with Crippen molar-refractivity contribution < 1.29 is 14.3 Å². The Labute approximate surface area is 126 Å². The molecule has 0 radical (unpaired) electrons. The first-order valence-electron chi connectivity index (χ1n) is 6.84. The Morgan fingerprint density at radius 1 is 1.29 bits per heavy atom. The molecule has 110 valence electrons. The minimum atomic E-state index is -0.711. The molecule has 0 atom stereocenters. The number of hydrogen-bond acceptors (Lipinski definition) is 5. The van der Waals surface area contributed by atoms with E-state index >= 15 is 0 Å². The van der Waals surface area contributed by atoms with Gasteiger partial charge in [-0.15, -0.1) is 10.2 Å². The van der Waals surface area contributed by atoms with Crippen molar-refractivity contribution >= 4 is 17.7 Å². The van der Waals surface area contributed by atoms with E-state index in [9.17, 15) is 4.79 Å². The molecule has 6 heteroatoms. The second-order valence-corrected chi connectivity index (χ2v) is 6.42. The Bertz CT molecular complexity index is 623. The fourth-order valence-electron chi connectivity index (χ4n) is 2.23. The smallest absolute Gasteiger partial charge is 0.303 e. The summed E-state index contributed by atoms with van der Waals surface area (Å²) in [6, 6.07) is 9.65. The zero-order chi connectivity index (χ0) is 14.7. The van der Waals surface area contributed by atoms with Crippen LogP contribution < -0.4 is 0 Å². The number of thioether (sulfide) groups is 1. The quantitative estimate of drug-likeness (QED) is 0.846. The van der Waals surface area contributed by atoms with Crippen LogP contribution in [-0.2, 0) is 10.5 Å². The van der Waals surface area contributed by atoms with Crippen molar-refractivity contribution in [1.82, 2.24) is 10.2 Å². The molecule has 1 aliphatic carbocycles. The highest BCUT2D eigenvalue weighted by Crippen LogP contribution is 2.51. The van der Waals surface area contributed by atoms with E-state index < -0.39 is 5.97 Å². The summed E-state index contributed by atoms with van der Waals surface area (Å²) in [5, 5.41) is 17.0. The third-order valence-corrected chi connectivity index (χ3v) is 4.87. The molecule has 1 N–H and O–H groups in total. The summed E-state index contributed by atoms with van der Waals surface area (Å²) in [5.74, 6) is 1.86. The van der Waals surface area contributed by atoms with Gasteiger partial charge in [0.15, 0.2) is 0 Å². The number of carboxylic acids is 1. The van der Waals surface area contributed by atoms with Gasteiger partial charge in [0.1, 0.15) is 0 Å². The molecule has 1 aromatic carbocycles. The fraction of sp³-hybridized carbons (Fsp3) is 0.400. The largest absolute Gasteiger partial charge is 0.481 e. The molecule has 0 bridgehead atoms. The van der Waals surface area contributed by atoms with Crippen LogP contribution in [0.4, 0.5) is 0 Å². The van der Waals surface area contributed by atoms with Gasteiger partial charge in [-0.1, -0.05) is 18.2 Å². The summed E-state index contributed by atoms with van der Waals surface area (Å²) in [6.07, 6.45) is 2.27. The molecule has 0 unspecified atom stereocenters. The van der Waals surface area contributed by atoms with Crippen LogP contribution in [0.3, 0.4) is 0 Å².